The second kappa shape index (κ2) is 6.05. The minimum Gasteiger partial charge on any atom is -0.327 e. The van der Waals surface area contributed by atoms with Crippen molar-refractivity contribution in [3.63, 3.8) is 0 Å². The number of rotatable bonds is 3. The first-order chi connectivity index (χ1) is 7.79. The SMILES string of the molecule is [CH2]C(C1CCCCC1)C(N)C1CCCCC1. The summed E-state index contributed by atoms with van der Waals surface area (Å²) in [6, 6.07) is 0.378. The van der Waals surface area contributed by atoms with Gasteiger partial charge in [-0.25, -0.2) is 0 Å². The molecule has 2 atom stereocenters. The molecule has 2 N–H and O–H groups in total. The zero-order valence-electron chi connectivity index (χ0n) is 10.7. The molecule has 0 heterocycles. The van der Waals surface area contributed by atoms with E-state index in [-0.39, 0.29) is 0 Å². The molecule has 2 aliphatic carbocycles. The average Bonchev–Trinajstić information content (AvgIpc) is 2.39. The van der Waals surface area contributed by atoms with Gasteiger partial charge >= 0.3 is 0 Å². The smallest absolute Gasteiger partial charge is 0.00982 e. The molecule has 93 valence electrons. The van der Waals surface area contributed by atoms with Crippen molar-refractivity contribution in [3.05, 3.63) is 6.92 Å². The van der Waals surface area contributed by atoms with Crippen molar-refractivity contribution in [2.45, 2.75) is 70.3 Å². The molecule has 0 saturated heterocycles. The van der Waals surface area contributed by atoms with Crippen LogP contribution in [-0.4, -0.2) is 6.04 Å². The molecule has 1 nitrogen and oxygen atoms in total. The predicted octanol–water partition coefficient (Wildman–Crippen LogP) is 3.92. The highest BCUT2D eigenvalue weighted by Crippen LogP contribution is 2.36. The van der Waals surface area contributed by atoms with E-state index in [1.807, 2.05) is 0 Å². The van der Waals surface area contributed by atoms with Crippen LogP contribution in [0.5, 0.6) is 0 Å². The maximum Gasteiger partial charge on any atom is 0.00982 e. The minimum absolute atomic E-state index is 0.378. The van der Waals surface area contributed by atoms with E-state index in [0.717, 1.165) is 11.8 Å². The normalized spacial score (nSPS) is 28.9. The number of hydrogen-bond acceptors (Lipinski definition) is 1. The molecule has 2 aliphatic rings. The molecule has 1 radical (unpaired) electrons. The van der Waals surface area contributed by atoms with Gasteiger partial charge in [-0.3, -0.25) is 0 Å². The summed E-state index contributed by atoms with van der Waals surface area (Å²) in [5.74, 6) is 2.12. The standard InChI is InChI=1S/C15H28N/c1-12(13-8-4-2-5-9-13)15(16)14-10-6-3-7-11-14/h12-15H,1-11,16H2. The molecule has 0 aromatic rings. The number of nitrogens with two attached hydrogens (primary N) is 1. The third kappa shape index (κ3) is 3.00. The average molecular weight is 222 g/mol. The van der Waals surface area contributed by atoms with Gasteiger partial charge < -0.3 is 5.73 Å². The Labute approximate surface area is 101 Å². The van der Waals surface area contributed by atoms with Crippen molar-refractivity contribution >= 4 is 0 Å². The van der Waals surface area contributed by atoms with Gasteiger partial charge in [0.2, 0.25) is 0 Å². The highest BCUT2D eigenvalue weighted by Gasteiger charge is 2.30. The van der Waals surface area contributed by atoms with Crippen molar-refractivity contribution in [1.29, 1.82) is 0 Å². The van der Waals surface area contributed by atoms with Gasteiger partial charge in [0.15, 0.2) is 0 Å². The molecule has 2 saturated carbocycles. The van der Waals surface area contributed by atoms with Crippen LogP contribution in [0, 0.1) is 24.7 Å². The molecular formula is C15H28N. The fraction of sp³-hybridized carbons (Fsp3) is 0.933. The molecular weight excluding hydrogens is 194 g/mol. The second-order valence-electron chi connectivity index (χ2n) is 6.04. The largest absolute Gasteiger partial charge is 0.327 e. The van der Waals surface area contributed by atoms with Crippen molar-refractivity contribution in [3.8, 4) is 0 Å². The van der Waals surface area contributed by atoms with Crippen LogP contribution in [0.1, 0.15) is 64.2 Å². The lowest BCUT2D eigenvalue weighted by molar-refractivity contribution is 0.190. The molecule has 0 spiro atoms. The van der Waals surface area contributed by atoms with Gasteiger partial charge in [-0.2, -0.15) is 0 Å². The van der Waals surface area contributed by atoms with Gasteiger partial charge in [0.05, 0.1) is 0 Å². The molecule has 0 aromatic carbocycles. The fourth-order valence-corrected chi connectivity index (χ4v) is 3.75. The van der Waals surface area contributed by atoms with Crippen molar-refractivity contribution in [2.24, 2.45) is 23.5 Å². The Hall–Kier alpha value is -0.0400. The molecule has 2 rings (SSSR count). The fourth-order valence-electron chi connectivity index (χ4n) is 3.75. The molecule has 1 heteroatoms. The van der Waals surface area contributed by atoms with Gasteiger partial charge in [0.25, 0.3) is 0 Å². The summed E-state index contributed by atoms with van der Waals surface area (Å²) >= 11 is 0. The van der Waals surface area contributed by atoms with Gasteiger partial charge in [0.1, 0.15) is 0 Å². The van der Waals surface area contributed by atoms with Crippen LogP contribution in [0.3, 0.4) is 0 Å². The van der Waals surface area contributed by atoms with E-state index in [1.54, 1.807) is 0 Å². The first-order valence-electron chi connectivity index (χ1n) is 7.37. The Morgan fingerprint density at radius 3 is 1.69 bits per heavy atom. The molecule has 0 aliphatic heterocycles. The monoisotopic (exact) mass is 222 g/mol. The Morgan fingerprint density at radius 1 is 0.750 bits per heavy atom. The molecule has 0 amide bonds. The van der Waals surface area contributed by atoms with Gasteiger partial charge in [-0.15, -0.1) is 0 Å². The first kappa shape index (κ1) is 12.4. The molecule has 16 heavy (non-hydrogen) atoms. The van der Waals surface area contributed by atoms with Crippen LogP contribution in [-0.2, 0) is 0 Å². The summed E-state index contributed by atoms with van der Waals surface area (Å²) in [6.45, 7) is 4.41. The topological polar surface area (TPSA) is 26.0 Å². The zero-order chi connectivity index (χ0) is 11.4. The lowest BCUT2D eigenvalue weighted by Crippen LogP contribution is -2.41. The highest BCUT2D eigenvalue weighted by molar-refractivity contribution is 4.88. The van der Waals surface area contributed by atoms with Crippen LogP contribution in [0.15, 0.2) is 0 Å². The molecule has 2 fully saturated rings. The highest BCUT2D eigenvalue weighted by atomic mass is 14.7. The maximum atomic E-state index is 6.46. The molecule has 2 unspecified atom stereocenters. The second-order valence-corrected chi connectivity index (χ2v) is 6.04. The van der Waals surface area contributed by atoms with Crippen LogP contribution < -0.4 is 5.73 Å². The number of hydrogen-bond donors (Lipinski definition) is 1. The predicted molar refractivity (Wildman–Crippen MR) is 70.0 cm³/mol. The Bertz CT molecular complexity index is 168. The molecule has 0 bridgehead atoms. The third-order valence-corrected chi connectivity index (χ3v) is 4.94. The summed E-state index contributed by atoms with van der Waals surface area (Å²) in [6.07, 6.45) is 14.0. The zero-order valence-corrected chi connectivity index (χ0v) is 10.7. The van der Waals surface area contributed by atoms with Crippen LogP contribution >= 0.6 is 0 Å². The van der Waals surface area contributed by atoms with Gasteiger partial charge in [-0.05, 0) is 37.5 Å². The Morgan fingerprint density at radius 2 is 1.19 bits per heavy atom. The summed E-state index contributed by atoms with van der Waals surface area (Å²) in [4.78, 5) is 0. The quantitative estimate of drug-likeness (QED) is 0.769. The van der Waals surface area contributed by atoms with E-state index in [9.17, 15) is 0 Å². The van der Waals surface area contributed by atoms with E-state index in [1.165, 1.54) is 64.2 Å². The summed E-state index contributed by atoms with van der Waals surface area (Å²) in [5.41, 5.74) is 6.46. The van der Waals surface area contributed by atoms with Crippen LogP contribution in [0.2, 0.25) is 0 Å². The Kier molecular flexibility index (Phi) is 4.69. The van der Waals surface area contributed by atoms with E-state index < -0.39 is 0 Å². The lowest BCUT2D eigenvalue weighted by Gasteiger charge is -2.37. The maximum absolute atomic E-state index is 6.46. The van der Waals surface area contributed by atoms with Crippen LogP contribution in [0.4, 0.5) is 0 Å². The van der Waals surface area contributed by atoms with Crippen molar-refractivity contribution < 1.29 is 0 Å². The summed E-state index contributed by atoms with van der Waals surface area (Å²) in [5, 5.41) is 0. The first-order valence-corrected chi connectivity index (χ1v) is 7.37. The molecule has 0 aromatic heterocycles. The van der Waals surface area contributed by atoms with E-state index in [0.29, 0.717) is 12.0 Å². The van der Waals surface area contributed by atoms with Crippen LogP contribution in [0.25, 0.3) is 0 Å². The third-order valence-electron chi connectivity index (χ3n) is 4.94. The summed E-state index contributed by atoms with van der Waals surface area (Å²) in [7, 11) is 0. The van der Waals surface area contributed by atoms with E-state index in [2.05, 4.69) is 6.92 Å². The Balaban J connectivity index is 1.84. The lowest BCUT2D eigenvalue weighted by atomic mass is 9.72. The van der Waals surface area contributed by atoms with E-state index >= 15 is 0 Å². The minimum atomic E-state index is 0.378. The van der Waals surface area contributed by atoms with Crippen molar-refractivity contribution in [2.75, 3.05) is 0 Å². The van der Waals surface area contributed by atoms with Gasteiger partial charge in [0, 0.05) is 6.04 Å². The van der Waals surface area contributed by atoms with Gasteiger partial charge in [-0.1, -0.05) is 51.4 Å². The summed E-state index contributed by atoms with van der Waals surface area (Å²) < 4.78 is 0. The van der Waals surface area contributed by atoms with E-state index in [4.69, 9.17) is 5.73 Å². The van der Waals surface area contributed by atoms with Crippen molar-refractivity contribution in [1.82, 2.24) is 0 Å².